The van der Waals surface area contributed by atoms with Gasteiger partial charge in [-0.1, -0.05) is 30.3 Å². The Kier molecular flexibility index (Phi) is 7.43. The molecule has 1 atom stereocenters. The average Bonchev–Trinajstić information content (AvgIpc) is 3.30. The van der Waals surface area contributed by atoms with Gasteiger partial charge in [-0.25, -0.2) is 9.59 Å². The number of nitrogens with zero attached hydrogens (tertiary/aromatic N) is 3. The molecule has 3 aromatic rings. The third kappa shape index (κ3) is 6.65. The number of hydrogen-bond acceptors (Lipinski definition) is 6. The summed E-state index contributed by atoms with van der Waals surface area (Å²) in [7, 11) is 0. The molecular formula is C26H33N5O4. The lowest BCUT2D eigenvalue weighted by atomic mass is 10.1. The highest BCUT2D eigenvalue weighted by Gasteiger charge is 2.35. The van der Waals surface area contributed by atoms with E-state index >= 15 is 0 Å². The molecule has 2 amide bonds. The number of hydrogen-bond donors (Lipinski definition) is 2. The molecule has 0 radical (unpaired) electrons. The predicted octanol–water partition coefficient (Wildman–Crippen LogP) is 4.62. The number of benzene rings is 2. The van der Waals surface area contributed by atoms with Gasteiger partial charge in [-0.05, 0) is 51.0 Å². The normalized spacial score (nSPS) is 16.3. The standard InChI is InChI=1S/C26H33N5O4/c1-26(2,3)35-25(33)31-14-13-30(24(32)34-18-19-7-5-4-6-8-19)17-22(31)11-12-27-21-9-10-23-20(15-21)16-28-29-23/h4-10,15-16,22,27H,11-14,17-18H2,1-3H3,(H,28,29)/t22-/m1/s1. The van der Waals surface area contributed by atoms with E-state index in [0.29, 0.717) is 32.6 Å². The summed E-state index contributed by atoms with van der Waals surface area (Å²) in [6.07, 6.45) is 1.69. The molecule has 0 spiro atoms. The molecule has 1 aromatic heterocycles. The van der Waals surface area contributed by atoms with Crippen molar-refractivity contribution in [3.8, 4) is 0 Å². The molecule has 1 aliphatic heterocycles. The minimum absolute atomic E-state index is 0.201. The van der Waals surface area contributed by atoms with Crippen LogP contribution in [0, 0.1) is 0 Å². The zero-order valence-corrected chi connectivity index (χ0v) is 20.5. The van der Waals surface area contributed by atoms with Gasteiger partial charge >= 0.3 is 12.2 Å². The number of aromatic nitrogens is 2. The maximum absolute atomic E-state index is 12.9. The Hall–Kier alpha value is -3.75. The number of rotatable bonds is 6. The van der Waals surface area contributed by atoms with Crippen molar-refractivity contribution in [3.63, 3.8) is 0 Å². The maximum Gasteiger partial charge on any atom is 0.410 e. The number of H-pyrrole nitrogens is 1. The van der Waals surface area contributed by atoms with Crippen molar-refractivity contribution in [1.82, 2.24) is 20.0 Å². The van der Waals surface area contributed by atoms with E-state index in [-0.39, 0.29) is 24.8 Å². The fourth-order valence-corrected chi connectivity index (χ4v) is 4.08. The largest absolute Gasteiger partial charge is 0.445 e. The number of aromatic amines is 1. The van der Waals surface area contributed by atoms with Gasteiger partial charge in [0.05, 0.1) is 17.8 Å². The Balaban J connectivity index is 1.38. The van der Waals surface area contributed by atoms with Crippen LogP contribution in [0.5, 0.6) is 0 Å². The molecule has 0 saturated carbocycles. The molecule has 2 heterocycles. The van der Waals surface area contributed by atoms with Crippen LogP contribution in [0.25, 0.3) is 10.9 Å². The zero-order valence-electron chi connectivity index (χ0n) is 20.5. The molecule has 4 rings (SSSR count). The molecular weight excluding hydrogens is 446 g/mol. The summed E-state index contributed by atoms with van der Waals surface area (Å²) in [4.78, 5) is 29.1. The number of anilines is 1. The quantitative estimate of drug-likeness (QED) is 0.535. The number of nitrogens with one attached hydrogen (secondary N) is 2. The summed E-state index contributed by atoms with van der Waals surface area (Å²) in [6, 6.07) is 15.4. The minimum atomic E-state index is -0.592. The second-order valence-electron chi connectivity index (χ2n) is 9.70. The highest BCUT2D eigenvalue weighted by molar-refractivity contribution is 5.81. The molecule has 35 heavy (non-hydrogen) atoms. The Morgan fingerprint density at radius 3 is 2.69 bits per heavy atom. The molecule has 2 aromatic carbocycles. The Bertz CT molecular complexity index is 1140. The van der Waals surface area contributed by atoms with Crippen LogP contribution in [0.4, 0.5) is 15.3 Å². The SMILES string of the molecule is CC(C)(C)OC(=O)N1CCN(C(=O)OCc2ccccc2)C[C@H]1CCNc1ccc2[nH]ncc2c1. The van der Waals surface area contributed by atoms with Crippen LogP contribution in [0.3, 0.4) is 0 Å². The van der Waals surface area contributed by atoms with E-state index in [9.17, 15) is 9.59 Å². The van der Waals surface area contributed by atoms with Gasteiger partial charge in [-0.3, -0.25) is 5.10 Å². The lowest BCUT2D eigenvalue weighted by molar-refractivity contribution is -0.00386. The van der Waals surface area contributed by atoms with E-state index in [4.69, 9.17) is 9.47 Å². The lowest BCUT2D eigenvalue weighted by Crippen LogP contribution is -2.57. The Morgan fingerprint density at radius 1 is 1.11 bits per heavy atom. The van der Waals surface area contributed by atoms with Gasteiger partial charge in [0.15, 0.2) is 0 Å². The van der Waals surface area contributed by atoms with Gasteiger partial charge in [0.2, 0.25) is 0 Å². The molecule has 2 N–H and O–H groups in total. The highest BCUT2D eigenvalue weighted by atomic mass is 16.6. The van der Waals surface area contributed by atoms with E-state index in [1.807, 2.05) is 69.3 Å². The van der Waals surface area contributed by atoms with Gasteiger partial charge in [0.25, 0.3) is 0 Å². The van der Waals surface area contributed by atoms with Crippen molar-refractivity contribution in [1.29, 1.82) is 0 Å². The van der Waals surface area contributed by atoms with Crippen LogP contribution < -0.4 is 5.32 Å². The molecule has 0 unspecified atom stereocenters. The summed E-state index contributed by atoms with van der Waals surface area (Å²) in [5.41, 5.74) is 2.29. The smallest absolute Gasteiger partial charge is 0.410 e. The molecule has 186 valence electrons. The third-order valence-electron chi connectivity index (χ3n) is 5.82. The van der Waals surface area contributed by atoms with E-state index in [0.717, 1.165) is 22.2 Å². The molecule has 0 bridgehead atoms. The molecule has 0 aliphatic carbocycles. The van der Waals surface area contributed by atoms with Crippen molar-refractivity contribution in [2.24, 2.45) is 0 Å². The van der Waals surface area contributed by atoms with E-state index < -0.39 is 5.60 Å². The first-order chi connectivity index (χ1) is 16.8. The number of carbonyl (C=O) groups excluding carboxylic acids is 2. The molecule has 1 fully saturated rings. The summed E-state index contributed by atoms with van der Waals surface area (Å²) >= 11 is 0. The van der Waals surface area contributed by atoms with Crippen molar-refractivity contribution in [3.05, 3.63) is 60.3 Å². The first-order valence-electron chi connectivity index (χ1n) is 11.9. The zero-order chi connectivity index (χ0) is 24.8. The molecule has 9 nitrogen and oxygen atoms in total. The fraction of sp³-hybridized carbons (Fsp3) is 0.423. The Morgan fingerprint density at radius 2 is 1.91 bits per heavy atom. The number of amides is 2. The molecule has 1 aliphatic rings. The van der Waals surface area contributed by atoms with Crippen LogP contribution in [0.1, 0.15) is 32.8 Å². The molecule has 1 saturated heterocycles. The Labute approximate surface area is 205 Å². The number of piperazine rings is 1. The molecule has 9 heteroatoms. The first-order valence-corrected chi connectivity index (χ1v) is 11.9. The van der Waals surface area contributed by atoms with Crippen LogP contribution in [0.15, 0.2) is 54.7 Å². The monoisotopic (exact) mass is 479 g/mol. The second-order valence-corrected chi connectivity index (χ2v) is 9.70. The third-order valence-corrected chi connectivity index (χ3v) is 5.82. The average molecular weight is 480 g/mol. The lowest BCUT2D eigenvalue weighted by Gasteiger charge is -2.41. The van der Waals surface area contributed by atoms with E-state index in [1.165, 1.54) is 0 Å². The summed E-state index contributed by atoms with van der Waals surface area (Å²) in [6.45, 7) is 7.57. The summed E-state index contributed by atoms with van der Waals surface area (Å²) < 4.78 is 11.2. The van der Waals surface area contributed by atoms with Gasteiger partial charge in [0.1, 0.15) is 12.2 Å². The number of fused-ring (bicyclic) bond motifs is 1. The van der Waals surface area contributed by atoms with Crippen molar-refractivity contribution in [2.75, 3.05) is 31.5 Å². The van der Waals surface area contributed by atoms with E-state index in [2.05, 4.69) is 15.5 Å². The van der Waals surface area contributed by atoms with Crippen LogP contribution in [-0.2, 0) is 16.1 Å². The van der Waals surface area contributed by atoms with Crippen molar-refractivity contribution < 1.29 is 19.1 Å². The van der Waals surface area contributed by atoms with Crippen LogP contribution in [0.2, 0.25) is 0 Å². The second kappa shape index (κ2) is 10.7. The number of carbonyl (C=O) groups is 2. The fourth-order valence-electron chi connectivity index (χ4n) is 4.08. The van der Waals surface area contributed by atoms with Gasteiger partial charge < -0.3 is 24.6 Å². The predicted molar refractivity (Wildman–Crippen MR) is 134 cm³/mol. The maximum atomic E-state index is 12.9. The first kappa shape index (κ1) is 24.4. The summed E-state index contributed by atoms with van der Waals surface area (Å²) in [5, 5.41) is 11.4. The van der Waals surface area contributed by atoms with Gasteiger partial charge in [-0.15, -0.1) is 0 Å². The summed E-state index contributed by atoms with van der Waals surface area (Å²) in [5.74, 6) is 0. The topological polar surface area (TPSA) is 99.8 Å². The van der Waals surface area contributed by atoms with Crippen molar-refractivity contribution in [2.45, 2.75) is 45.4 Å². The van der Waals surface area contributed by atoms with Crippen LogP contribution in [-0.4, -0.2) is 70.0 Å². The number of ether oxygens (including phenoxy) is 2. The van der Waals surface area contributed by atoms with E-state index in [1.54, 1.807) is 16.0 Å². The van der Waals surface area contributed by atoms with Gasteiger partial charge in [0, 0.05) is 37.3 Å². The van der Waals surface area contributed by atoms with Gasteiger partial charge in [-0.2, -0.15) is 5.10 Å². The van der Waals surface area contributed by atoms with Crippen LogP contribution >= 0.6 is 0 Å². The van der Waals surface area contributed by atoms with Crippen molar-refractivity contribution >= 4 is 28.8 Å². The minimum Gasteiger partial charge on any atom is -0.445 e. The highest BCUT2D eigenvalue weighted by Crippen LogP contribution is 2.20.